The lowest BCUT2D eigenvalue weighted by atomic mass is 10.2. The summed E-state index contributed by atoms with van der Waals surface area (Å²) in [6.45, 7) is 14.0. The zero-order valence-corrected chi connectivity index (χ0v) is 15.9. The van der Waals surface area contributed by atoms with E-state index in [0.29, 0.717) is 6.61 Å². The average molecular weight is 329 g/mol. The van der Waals surface area contributed by atoms with Crippen molar-refractivity contribution in [2.24, 2.45) is 0 Å². The SMILES string of the molecule is CC(=O)OCCc1cc(CCO[Si](C)(C)C(C)(C)C)cs1. The van der Waals surface area contributed by atoms with Crippen molar-refractivity contribution in [3.05, 3.63) is 21.9 Å². The van der Waals surface area contributed by atoms with Gasteiger partial charge in [-0.2, -0.15) is 0 Å². The van der Waals surface area contributed by atoms with Crippen LogP contribution in [-0.2, 0) is 26.8 Å². The van der Waals surface area contributed by atoms with Gasteiger partial charge in [0, 0.05) is 24.8 Å². The molecule has 0 unspecified atom stereocenters. The molecular weight excluding hydrogens is 300 g/mol. The summed E-state index contributed by atoms with van der Waals surface area (Å²) in [6.07, 6.45) is 1.75. The van der Waals surface area contributed by atoms with E-state index in [4.69, 9.17) is 9.16 Å². The number of carbonyl (C=O) groups excluding carboxylic acids is 1. The predicted octanol–water partition coefficient (Wildman–Crippen LogP) is 4.42. The highest BCUT2D eigenvalue weighted by Gasteiger charge is 2.36. The minimum absolute atomic E-state index is 0.213. The number of carbonyl (C=O) groups is 1. The maximum atomic E-state index is 10.7. The van der Waals surface area contributed by atoms with Crippen molar-refractivity contribution in [2.45, 2.75) is 58.7 Å². The molecule has 1 heterocycles. The summed E-state index contributed by atoms with van der Waals surface area (Å²) >= 11 is 1.73. The summed E-state index contributed by atoms with van der Waals surface area (Å²) in [5.41, 5.74) is 1.32. The molecule has 0 radical (unpaired) electrons. The quantitative estimate of drug-likeness (QED) is 0.549. The fourth-order valence-electron chi connectivity index (χ4n) is 1.62. The first-order valence-corrected chi connectivity index (χ1v) is 11.2. The zero-order chi connectivity index (χ0) is 16.1. The van der Waals surface area contributed by atoms with Crippen LogP contribution in [0.1, 0.15) is 38.1 Å². The van der Waals surface area contributed by atoms with Gasteiger partial charge in [-0.15, -0.1) is 11.3 Å². The summed E-state index contributed by atoms with van der Waals surface area (Å²) in [5.74, 6) is -0.213. The Labute approximate surface area is 133 Å². The van der Waals surface area contributed by atoms with Crippen LogP contribution >= 0.6 is 11.3 Å². The largest absolute Gasteiger partial charge is 0.465 e. The van der Waals surface area contributed by atoms with E-state index in [2.05, 4.69) is 45.3 Å². The van der Waals surface area contributed by atoms with Gasteiger partial charge in [-0.25, -0.2) is 0 Å². The van der Waals surface area contributed by atoms with E-state index in [9.17, 15) is 4.79 Å². The van der Waals surface area contributed by atoms with E-state index in [1.165, 1.54) is 17.4 Å². The third-order valence-corrected chi connectivity index (χ3v) is 9.61. The highest BCUT2D eigenvalue weighted by Crippen LogP contribution is 2.36. The normalized spacial score (nSPS) is 12.5. The van der Waals surface area contributed by atoms with E-state index < -0.39 is 8.32 Å². The van der Waals surface area contributed by atoms with Crippen molar-refractivity contribution in [3.63, 3.8) is 0 Å². The second-order valence-corrected chi connectivity index (χ2v) is 12.7. The molecule has 0 saturated heterocycles. The summed E-state index contributed by atoms with van der Waals surface area (Å²) in [4.78, 5) is 12.0. The van der Waals surface area contributed by atoms with E-state index in [1.807, 2.05) is 0 Å². The minimum Gasteiger partial charge on any atom is -0.465 e. The second kappa shape index (κ2) is 7.56. The van der Waals surface area contributed by atoms with Crippen LogP contribution in [-0.4, -0.2) is 27.5 Å². The topological polar surface area (TPSA) is 35.5 Å². The maximum absolute atomic E-state index is 10.7. The molecule has 0 aromatic carbocycles. The van der Waals surface area contributed by atoms with Crippen molar-refractivity contribution < 1.29 is 14.0 Å². The number of hydrogen-bond donors (Lipinski definition) is 0. The third kappa shape index (κ3) is 6.32. The van der Waals surface area contributed by atoms with Crippen molar-refractivity contribution in [2.75, 3.05) is 13.2 Å². The Kier molecular flexibility index (Phi) is 6.62. The number of esters is 1. The van der Waals surface area contributed by atoms with Crippen LogP contribution in [0.15, 0.2) is 11.4 Å². The molecule has 0 aliphatic carbocycles. The van der Waals surface area contributed by atoms with Crippen LogP contribution in [0, 0.1) is 0 Å². The van der Waals surface area contributed by atoms with Gasteiger partial charge in [-0.1, -0.05) is 20.8 Å². The van der Waals surface area contributed by atoms with Crippen LogP contribution in [0.4, 0.5) is 0 Å². The van der Waals surface area contributed by atoms with Crippen molar-refractivity contribution >= 4 is 25.6 Å². The van der Waals surface area contributed by atoms with Crippen LogP contribution in [0.3, 0.4) is 0 Å². The lowest BCUT2D eigenvalue weighted by molar-refractivity contribution is -0.140. The summed E-state index contributed by atoms with van der Waals surface area (Å²) in [6, 6.07) is 2.20. The van der Waals surface area contributed by atoms with Crippen molar-refractivity contribution in [1.29, 1.82) is 0 Å². The van der Waals surface area contributed by atoms with Gasteiger partial charge in [0.25, 0.3) is 0 Å². The molecule has 120 valence electrons. The van der Waals surface area contributed by atoms with Gasteiger partial charge in [0.05, 0.1) is 6.61 Å². The molecule has 0 bridgehead atoms. The molecule has 1 aromatic rings. The first-order valence-electron chi connectivity index (χ1n) is 7.45. The Balaban J connectivity index is 2.37. The molecule has 0 spiro atoms. The summed E-state index contributed by atoms with van der Waals surface area (Å²) in [5, 5.41) is 2.44. The highest BCUT2D eigenvalue weighted by molar-refractivity contribution is 7.10. The molecule has 0 N–H and O–H groups in total. The molecule has 1 rings (SSSR count). The standard InChI is InChI=1S/C16H28O3SSi/c1-13(17)18-9-8-15-11-14(12-20-15)7-10-19-21(5,6)16(2,3)4/h11-12H,7-10H2,1-6H3. The first kappa shape index (κ1) is 18.4. The molecular formula is C16H28O3SSi. The van der Waals surface area contributed by atoms with E-state index in [-0.39, 0.29) is 11.0 Å². The van der Waals surface area contributed by atoms with Gasteiger partial charge in [0.1, 0.15) is 0 Å². The van der Waals surface area contributed by atoms with Gasteiger partial charge < -0.3 is 9.16 Å². The number of thiophene rings is 1. The second-order valence-electron chi connectivity index (χ2n) is 6.87. The molecule has 21 heavy (non-hydrogen) atoms. The van der Waals surface area contributed by atoms with Crippen molar-refractivity contribution in [3.8, 4) is 0 Å². The summed E-state index contributed by atoms with van der Waals surface area (Å²) < 4.78 is 11.2. The van der Waals surface area contributed by atoms with Gasteiger partial charge in [0.2, 0.25) is 0 Å². The van der Waals surface area contributed by atoms with Gasteiger partial charge in [-0.3, -0.25) is 4.79 Å². The van der Waals surface area contributed by atoms with Crippen molar-refractivity contribution in [1.82, 2.24) is 0 Å². The highest BCUT2D eigenvalue weighted by atomic mass is 32.1. The molecule has 1 aromatic heterocycles. The molecule has 0 atom stereocenters. The Hall–Kier alpha value is -0.653. The molecule has 0 amide bonds. The number of ether oxygens (including phenoxy) is 1. The monoisotopic (exact) mass is 328 g/mol. The minimum atomic E-state index is -1.64. The lowest BCUT2D eigenvalue weighted by Crippen LogP contribution is -2.41. The number of hydrogen-bond acceptors (Lipinski definition) is 4. The lowest BCUT2D eigenvalue weighted by Gasteiger charge is -2.36. The first-order chi connectivity index (χ1) is 9.62. The molecule has 5 heteroatoms. The molecule has 3 nitrogen and oxygen atoms in total. The van der Waals surface area contributed by atoms with E-state index in [1.54, 1.807) is 11.3 Å². The maximum Gasteiger partial charge on any atom is 0.302 e. The van der Waals surface area contributed by atoms with Crippen LogP contribution in [0.5, 0.6) is 0 Å². The summed E-state index contributed by atoms with van der Waals surface area (Å²) in [7, 11) is -1.64. The average Bonchev–Trinajstić information content (AvgIpc) is 2.75. The zero-order valence-electron chi connectivity index (χ0n) is 14.1. The van der Waals surface area contributed by atoms with Crippen LogP contribution < -0.4 is 0 Å². The Bertz CT molecular complexity index is 460. The molecule has 0 fully saturated rings. The fraction of sp³-hybridized carbons (Fsp3) is 0.688. The molecule has 0 aliphatic rings. The van der Waals surface area contributed by atoms with Gasteiger partial charge >= 0.3 is 5.97 Å². The Morgan fingerprint density at radius 2 is 1.90 bits per heavy atom. The fourth-order valence-corrected chi connectivity index (χ4v) is 3.58. The van der Waals surface area contributed by atoms with Gasteiger partial charge in [0.15, 0.2) is 8.32 Å². The van der Waals surface area contributed by atoms with Gasteiger partial charge in [-0.05, 0) is 41.6 Å². The number of rotatable bonds is 7. The van der Waals surface area contributed by atoms with Crippen LogP contribution in [0.2, 0.25) is 18.1 Å². The van der Waals surface area contributed by atoms with E-state index >= 15 is 0 Å². The Morgan fingerprint density at radius 1 is 1.24 bits per heavy atom. The Morgan fingerprint density at radius 3 is 2.48 bits per heavy atom. The van der Waals surface area contributed by atoms with E-state index in [0.717, 1.165) is 19.4 Å². The smallest absolute Gasteiger partial charge is 0.302 e. The molecule has 0 saturated carbocycles. The van der Waals surface area contributed by atoms with Crippen LogP contribution in [0.25, 0.3) is 0 Å². The third-order valence-electron chi connectivity index (χ3n) is 4.02. The molecule has 0 aliphatic heterocycles. The predicted molar refractivity (Wildman–Crippen MR) is 91.5 cm³/mol.